The number of carbonyl (C=O) groups excluding carboxylic acids is 1. The van der Waals surface area contributed by atoms with Crippen molar-refractivity contribution in [3.05, 3.63) is 41.6 Å². The van der Waals surface area contributed by atoms with E-state index in [1.54, 1.807) is 0 Å². The summed E-state index contributed by atoms with van der Waals surface area (Å²) in [4.78, 5) is 22.6. The molecule has 29 heavy (non-hydrogen) atoms. The van der Waals surface area contributed by atoms with Crippen LogP contribution in [0.15, 0.2) is 24.7 Å². The zero-order chi connectivity index (χ0) is 21.2. The van der Waals surface area contributed by atoms with Crippen molar-refractivity contribution < 1.29 is 26.7 Å². The van der Waals surface area contributed by atoms with Crippen molar-refractivity contribution in [2.45, 2.75) is 51.0 Å². The van der Waals surface area contributed by atoms with Crippen molar-refractivity contribution in [2.24, 2.45) is 0 Å². The molecule has 0 bridgehead atoms. The molecule has 0 aromatic carbocycles. The van der Waals surface area contributed by atoms with Crippen LogP contribution in [0.4, 0.5) is 22.0 Å². The number of nitrogens with zero attached hydrogens (tertiary/aromatic N) is 3. The Morgan fingerprint density at radius 1 is 1.21 bits per heavy atom. The summed E-state index contributed by atoms with van der Waals surface area (Å²) < 4.78 is 64.4. The summed E-state index contributed by atoms with van der Waals surface area (Å²) >= 11 is 0. The second-order valence-corrected chi connectivity index (χ2v) is 6.78. The van der Waals surface area contributed by atoms with E-state index >= 15 is 0 Å². The molecule has 2 N–H and O–H groups in total. The van der Waals surface area contributed by atoms with E-state index in [9.17, 15) is 26.7 Å². The first-order chi connectivity index (χ1) is 13.6. The molecule has 1 saturated heterocycles. The van der Waals surface area contributed by atoms with Crippen LogP contribution in [0, 0.1) is 0 Å². The van der Waals surface area contributed by atoms with Crippen molar-refractivity contribution >= 4 is 5.91 Å². The SMILES string of the molecule is CC1CCC(C(=O)NCc2cc(-c3cnc(C(F)(F)F)nc3)ncc2C(F)F)N1. The summed E-state index contributed by atoms with van der Waals surface area (Å²) in [7, 11) is 0. The Balaban J connectivity index is 1.79. The second kappa shape index (κ2) is 8.36. The van der Waals surface area contributed by atoms with Gasteiger partial charge in [-0.1, -0.05) is 0 Å². The van der Waals surface area contributed by atoms with Gasteiger partial charge in [0.15, 0.2) is 0 Å². The highest BCUT2D eigenvalue weighted by atomic mass is 19.4. The molecule has 3 rings (SSSR count). The van der Waals surface area contributed by atoms with E-state index in [0.717, 1.165) is 25.0 Å². The molecule has 1 aliphatic heterocycles. The van der Waals surface area contributed by atoms with Crippen molar-refractivity contribution in [1.82, 2.24) is 25.6 Å². The van der Waals surface area contributed by atoms with E-state index in [2.05, 4.69) is 25.6 Å². The second-order valence-electron chi connectivity index (χ2n) is 6.78. The number of rotatable bonds is 5. The largest absolute Gasteiger partial charge is 0.451 e. The highest BCUT2D eigenvalue weighted by Gasteiger charge is 2.34. The first-order valence-electron chi connectivity index (χ1n) is 8.85. The minimum atomic E-state index is -4.69. The lowest BCUT2D eigenvalue weighted by molar-refractivity contribution is -0.145. The Morgan fingerprint density at radius 3 is 2.45 bits per heavy atom. The molecule has 2 aromatic rings. The number of alkyl halides is 5. The third-order valence-electron chi connectivity index (χ3n) is 4.60. The summed E-state index contributed by atoms with van der Waals surface area (Å²) in [6.07, 6.45) is -3.23. The molecule has 0 saturated carbocycles. The van der Waals surface area contributed by atoms with Gasteiger partial charge in [-0.2, -0.15) is 13.2 Å². The van der Waals surface area contributed by atoms with Crippen LogP contribution in [-0.2, 0) is 17.5 Å². The van der Waals surface area contributed by atoms with Crippen LogP contribution in [0.2, 0.25) is 0 Å². The van der Waals surface area contributed by atoms with Gasteiger partial charge in [-0.3, -0.25) is 9.78 Å². The normalized spacial score (nSPS) is 19.6. The molecule has 11 heteroatoms. The first-order valence-corrected chi connectivity index (χ1v) is 8.85. The molecular weight excluding hydrogens is 397 g/mol. The van der Waals surface area contributed by atoms with Crippen molar-refractivity contribution in [1.29, 1.82) is 0 Å². The number of pyridine rings is 1. The molecule has 156 valence electrons. The molecule has 0 aliphatic carbocycles. The van der Waals surface area contributed by atoms with E-state index in [0.29, 0.717) is 6.42 Å². The molecule has 2 atom stereocenters. The Labute approximate surface area is 163 Å². The molecule has 2 unspecified atom stereocenters. The molecule has 1 amide bonds. The topological polar surface area (TPSA) is 79.8 Å². The van der Waals surface area contributed by atoms with Crippen LogP contribution < -0.4 is 10.6 Å². The van der Waals surface area contributed by atoms with Crippen LogP contribution in [0.25, 0.3) is 11.3 Å². The van der Waals surface area contributed by atoms with Crippen LogP contribution in [0.1, 0.15) is 43.1 Å². The quantitative estimate of drug-likeness (QED) is 0.733. The lowest BCUT2D eigenvalue weighted by Gasteiger charge is -2.15. The predicted molar refractivity (Wildman–Crippen MR) is 92.7 cm³/mol. The number of hydrogen-bond donors (Lipinski definition) is 2. The number of carbonyl (C=O) groups is 1. The van der Waals surface area contributed by atoms with Gasteiger partial charge in [0.25, 0.3) is 6.43 Å². The lowest BCUT2D eigenvalue weighted by atomic mass is 10.1. The maximum atomic E-state index is 13.3. The van der Waals surface area contributed by atoms with Crippen molar-refractivity contribution in [3.63, 3.8) is 0 Å². The van der Waals surface area contributed by atoms with Gasteiger partial charge in [-0.15, -0.1) is 0 Å². The third kappa shape index (κ3) is 5.03. The Kier molecular flexibility index (Phi) is 6.06. The van der Waals surface area contributed by atoms with Gasteiger partial charge >= 0.3 is 6.18 Å². The fraction of sp³-hybridized carbons (Fsp3) is 0.444. The summed E-state index contributed by atoms with van der Waals surface area (Å²) in [6.45, 7) is 1.78. The van der Waals surface area contributed by atoms with Crippen LogP contribution >= 0.6 is 0 Å². The third-order valence-corrected chi connectivity index (χ3v) is 4.60. The average molecular weight is 415 g/mol. The Hall–Kier alpha value is -2.69. The van der Waals surface area contributed by atoms with Gasteiger partial charge in [0.2, 0.25) is 11.7 Å². The van der Waals surface area contributed by atoms with Gasteiger partial charge in [-0.05, 0) is 31.4 Å². The average Bonchev–Trinajstić information content (AvgIpc) is 3.11. The number of aromatic nitrogens is 3. The van der Waals surface area contributed by atoms with Gasteiger partial charge in [0, 0.05) is 42.3 Å². The zero-order valence-electron chi connectivity index (χ0n) is 15.3. The summed E-state index contributed by atoms with van der Waals surface area (Å²) in [5.74, 6) is -1.61. The molecule has 0 spiro atoms. The van der Waals surface area contributed by atoms with Gasteiger partial charge in [0.1, 0.15) is 0 Å². The Bertz CT molecular complexity index is 872. The molecule has 6 nitrogen and oxygen atoms in total. The lowest BCUT2D eigenvalue weighted by Crippen LogP contribution is -2.41. The highest BCUT2D eigenvalue weighted by molar-refractivity contribution is 5.82. The molecule has 3 heterocycles. The molecule has 2 aromatic heterocycles. The molecule has 1 aliphatic rings. The van der Waals surface area contributed by atoms with Crippen molar-refractivity contribution in [3.8, 4) is 11.3 Å². The Morgan fingerprint density at radius 2 is 1.90 bits per heavy atom. The number of hydrogen-bond acceptors (Lipinski definition) is 5. The van der Waals surface area contributed by atoms with E-state index in [1.165, 1.54) is 6.07 Å². The number of amides is 1. The minimum Gasteiger partial charge on any atom is -0.351 e. The van der Waals surface area contributed by atoms with E-state index in [-0.39, 0.29) is 46.9 Å². The summed E-state index contributed by atoms with van der Waals surface area (Å²) in [5.41, 5.74) is 0.0107. The van der Waals surface area contributed by atoms with Gasteiger partial charge in [-0.25, -0.2) is 18.7 Å². The number of nitrogens with one attached hydrogen (secondary N) is 2. The molecule has 0 radical (unpaired) electrons. The maximum Gasteiger partial charge on any atom is 0.451 e. The fourth-order valence-electron chi connectivity index (χ4n) is 3.06. The van der Waals surface area contributed by atoms with Gasteiger partial charge in [0.05, 0.1) is 11.7 Å². The first kappa shape index (κ1) is 21.0. The smallest absolute Gasteiger partial charge is 0.351 e. The number of halogens is 5. The van der Waals surface area contributed by atoms with Crippen LogP contribution in [0.3, 0.4) is 0 Å². The fourth-order valence-corrected chi connectivity index (χ4v) is 3.06. The van der Waals surface area contributed by atoms with Crippen LogP contribution in [-0.4, -0.2) is 32.9 Å². The maximum absolute atomic E-state index is 13.3. The van der Waals surface area contributed by atoms with E-state index in [1.807, 2.05) is 6.92 Å². The van der Waals surface area contributed by atoms with E-state index < -0.39 is 18.4 Å². The van der Waals surface area contributed by atoms with Crippen molar-refractivity contribution in [2.75, 3.05) is 0 Å². The molecular formula is C18H18F5N5O. The summed E-state index contributed by atoms with van der Waals surface area (Å²) in [6, 6.07) is 1.11. The zero-order valence-corrected chi connectivity index (χ0v) is 15.3. The van der Waals surface area contributed by atoms with E-state index in [4.69, 9.17) is 0 Å². The molecule has 1 fully saturated rings. The van der Waals surface area contributed by atoms with Crippen LogP contribution in [0.5, 0.6) is 0 Å². The predicted octanol–water partition coefficient (Wildman–Crippen LogP) is 3.25. The minimum absolute atomic E-state index is 0.115. The summed E-state index contributed by atoms with van der Waals surface area (Å²) in [5, 5.41) is 5.72. The standard InChI is InChI=1S/C18H18F5N5O/c1-9-2-3-13(28-9)16(29)25-5-10-4-14(24-8-12(10)15(19)20)11-6-26-17(27-7-11)18(21,22)23/h4,6-9,13,15,28H,2-3,5H2,1H3,(H,25,29). The van der Waals surface area contributed by atoms with Gasteiger partial charge < -0.3 is 10.6 Å². The monoisotopic (exact) mass is 415 g/mol. The highest BCUT2D eigenvalue weighted by Crippen LogP contribution is 2.28.